The summed E-state index contributed by atoms with van der Waals surface area (Å²) in [6.45, 7) is 16.6. The maximum atomic E-state index is 12.9. The van der Waals surface area contributed by atoms with E-state index in [1.165, 1.54) is 24.5 Å². The standard InChI is InChI=1S/C15H10F2N6.C14H10ClF2N5.2CN.Zn/c1-18-12-5-4-10-15(21-12)23(9-2-3-9)14(20-10)8-6-11(13(16)17)22-19-7-8;15-11-4-3-9-14(20-11)22(8-1-2-8)13(19-9)7-5-10(12(16)17)21-18-6-7;2*1-2;/h4-7,9,13H,2-3H2;3-6,8,12H,1-2H2;;;/q;;2*-1;+2. The fourth-order valence-corrected chi connectivity index (χ4v) is 5.11. The van der Waals surface area contributed by atoms with Crippen molar-refractivity contribution in [3.8, 4) is 22.8 Å². The molecule has 0 aliphatic heterocycles. The molecule has 0 amide bonds. The first-order valence-electron chi connectivity index (χ1n) is 14.3. The summed E-state index contributed by atoms with van der Waals surface area (Å²) in [6.07, 6.45) is 1.46. The Kier molecular flexibility index (Phi) is 12.1. The monoisotopic (exact) mass is 749 g/mol. The Hall–Kier alpha value is -5.50. The van der Waals surface area contributed by atoms with Gasteiger partial charge in [-0.3, -0.25) is 4.57 Å². The molecule has 0 bridgehead atoms. The number of hydrogen-bond acceptors (Lipinski definition) is 10. The first kappa shape index (κ1) is 37.3. The van der Waals surface area contributed by atoms with Crippen LogP contribution in [0.1, 0.15) is 62.0 Å². The van der Waals surface area contributed by atoms with Gasteiger partial charge in [0, 0.05) is 23.2 Å². The number of alkyl halides is 4. The summed E-state index contributed by atoms with van der Waals surface area (Å²) in [5, 5.41) is 27.1. The summed E-state index contributed by atoms with van der Waals surface area (Å²) < 4.78 is 55.3. The van der Waals surface area contributed by atoms with Crippen LogP contribution in [-0.4, -0.2) is 49.5 Å². The second-order valence-corrected chi connectivity index (χ2v) is 10.9. The Morgan fingerprint density at radius 1 is 0.700 bits per heavy atom. The normalized spacial score (nSPS) is 13.2. The van der Waals surface area contributed by atoms with Gasteiger partial charge in [-0.05, 0) is 62.1 Å². The third kappa shape index (κ3) is 7.86. The second-order valence-electron chi connectivity index (χ2n) is 10.5. The zero-order valence-electron chi connectivity index (χ0n) is 25.7. The summed E-state index contributed by atoms with van der Waals surface area (Å²) in [6, 6.07) is 9.87. The van der Waals surface area contributed by atoms with Gasteiger partial charge in [0.2, 0.25) is 0 Å². The van der Waals surface area contributed by atoms with Crippen molar-refractivity contribution < 1.29 is 37.0 Å². The summed E-state index contributed by atoms with van der Waals surface area (Å²) in [5.74, 6) is 1.39. The predicted octanol–water partition coefficient (Wildman–Crippen LogP) is 7.72. The fourth-order valence-electron chi connectivity index (χ4n) is 4.97. The minimum absolute atomic E-state index is 0. The van der Waals surface area contributed by atoms with Crippen molar-refractivity contribution in [1.82, 2.24) is 49.5 Å². The number of hydrogen-bond donors (Lipinski definition) is 0. The maximum Gasteiger partial charge on any atom is 2.00 e. The zero-order chi connectivity index (χ0) is 35.2. The van der Waals surface area contributed by atoms with Gasteiger partial charge in [-0.25, -0.2) is 32.5 Å². The molecule has 246 valence electrons. The molecule has 0 radical (unpaired) electrons. The smallest absolute Gasteiger partial charge is 0.512 e. The van der Waals surface area contributed by atoms with E-state index in [1.807, 2.05) is 9.13 Å². The van der Waals surface area contributed by atoms with E-state index in [9.17, 15) is 17.6 Å². The molecule has 2 aliphatic carbocycles. The molecule has 0 aromatic carbocycles. The van der Waals surface area contributed by atoms with Crippen molar-refractivity contribution in [2.45, 2.75) is 50.6 Å². The van der Waals surface area contributed by atoms with Gasteiger partial charge >= 0.3 is 19.5 Å². The molecule has 2 saturated carbocycles. The topological polar surface area (TPSA) is 165 Å². The van der Waals surface area contributed by atoms with Crippen LogP contribution in [0.3, 0.4) is 0 Å². The van der Waals surface area contributed by atoms with Gasteiger partial charge in [0.1, 0.15) is 39.2 Å². The van der Waals surface area contributed by atoms with Crippen LogP contribution in [-0.2, 0) is 19.5 Å². The van der Waals surface area contributed by atoms with Gasteiger partial charge in [0.25, 0.3) is 24.3 Å². The van der Waals surface area contributed by atoms with E-state index in [-0.39, 0.29) is 48.8 Å². The molecule has 2 aliphatic rings. The van der Waals surface area contributed by atoms with E-state index in [0.29, 0.717) is 50.3 Å². The van der Waals surface area contributed by atoms with Gasteiger partial charge in [-0.2, -0.15) is 10.2 Å². The number of imidazole rings is 2. The Balaban J connectivity index is 0.000000201. The molecule has 6 aromatic heterocycles. The van der Waals surface area contributed by atoms with Gasteiger partial charge in [0.15, 0.2) is 5.65 Å². The van der Waals surface area contributed by atoms with Gasteiger partial charge in [0.05, 0.1) is 12.4 Å². The van der Waals surface area contributed by atoms with Crippen molar-refractivity contribution in [3.63, 3.8) is 0 Å². The van der Waals surface area contributed by atoms with Crippen LogP contribution in [0.15, 0.2) is 48.8 Å². The van der Waals surface area contributed by atoms with Crippen molar-refractivity contribution in [1.29, 1.82) is 10.5 Å². The minimum Gasteiger partial charge on any atom is -0.512 e. The van der Waals surface area contributed by atoms with Crippen molar-refractivity contribution in [2.75, 3.05) is 0 Å². The molecule has 50 heavy (non-hydrogen) atoms. The number of fused-ring (bicyclic) bond motifs is 2. The van der Waals surface area contributed by atoms with Crippen LogP contribution in [0.2, 0.25) is 5.15 Å². The molecule has 0 spiro atoms. The maximum absolute atomic E-state index is 12.9. The molecular formula is C31H20ClF4N13Zn. The van der Waals surface area contributed by atoms with Gasteiger partial charge in [-0.1, -0.05) is 23.2 Å². The molecule has 0 atom stereocenters. The van der Waals surface area contributed by atoms with Gasteiger partial charge < -0.3 is 33.1 Å². The van der Waals surface area contributed by atoms with E-state index in [1.54, 1.807) is 24.3 Å². The van der Waals surface area contributed by atoms with Crippen LogP contribution in [0.25, 0.3) is 49.9 Å². The third-order valence-corrected chi connectivity index (χ3v) is 7.49. The summed E-state index contributed by atoms with van der Waals surface area (Å²) >= 11 is 5.96. The first-order chi connectivity index (χ1) is 23.8. The molecule has 13 nitrogen and oxygen atoms in total. The van der Waals surface area contributed by atoms with Crippen LogP contribution >= 0.6 is 11.6 Å². The molecule has 2 fully saturated rings. The molecule has 6 aromatic rings. The van der Waals surface area contributed by atoms with E-state index in [4.69, 9.17) is 41.8 Å². The average Bonchev–Trinajstić information content (AvgIpc) is 4.09. The van der Waals surface area contributed by atoms with Crippen molar-refractivity contribution in [3.05, 3.63) is 89.9 Å². The minimum atomic E-state index is -2.69. The number of aromatic nitrogens is 10. The summed E-state index contributed by atoms with van der Waals surface area (Å²) in [7, 11) is 0. The number of nitrogens with zero attached hydrogens (tertiary/aromatic N) is 13. The predicted molar refractivity (Wildman–Crippen MR) is 165 cm³/mol. The van der Waals surface area contributed by atoms with Gasteiger partial charge in [-0.15, -0.1) is 10.2 Å². The van der Waals surface area contributed by atoms with E-state index >= 15 is 0 Å². The average molecular weight is 751 g/mol. The Morgan fingerprint density at radius 3 is 1.56 bits per heavy atom. The summed E-state index contributed by atoms with van der Waals surface area (Å²) in [4.78, 5) is 21.0. The van der Waals surface area contributed by atoms with E-state index < -0.39 is 12.9 Å². The molecule has 8 rings (SSSR count). The van der Waals surface area contributed by atoms with Crippen molar-refractivity contribution in [2.24, 2.45) is 0 Å². The molecule has 0 N–H and O–H groups in total. The van der Waals surface area contributed by atoms with Crippen molar-refractivity contribution >= 4 is 39.7 Å². The SMILES string of the molecule is FC(F)c1cc(-c2nc3ccc(Cl)nc3n2C2CC2)cnn1.[C-]#N.[C-]#N.[C-]#[N+]c1ccc2nc(-c3cnnc(C(F)F)c3)n(C3CC3)c2n1.[Zn+2]. The Morgan fingerprint density at radius 2 is 1.14 bits per heavy atom. The summed E-state index contributed by atoms with van der Waals surface area (Å²) in [5.41, 5.74) is 2.82. The third-order valence-electron chi connectivity index (χ3n) is 7.27. The Bertz CT molecular complexity index is 2200. The zero-order valence-corrected chi connectivity index (χ0v) is 29.4. The molecular weight excluding hydrogens is 731 g/mol. The largest absolute Gasteiger partial charge is 2.00 e. The second kappa shape index (κ2) is 16.3. The fraction of sp³-hybridized carbons (Fsp3) is 0.258. The first-order valence-corrected chi connectivity index (χ1v) is 14.7. The van der Waals surface area contributed by atoms with Crippen LogP contribution in [0.4, 0.5) is 23.4 Å². The van der Waals surface area contributed by atoms with Crippen LogP contribution in [0, 0.1) is 30.2 Å². The molecule has 6 heterocycles. The van der Waals surface area contributed by atoms with E-state index in [0.717, 1.165) is 25.7 Å². The number of pyridine rings is 2. The number of rotatable bonds is 6. The number of halogens is 5. The van der Waals surface area contributed by atoms with Crippen LogP contribution in [0.5, 0.6) is 0 Å². The molecule has 19 heteroatoms. The van der Waals surface area contributed by atoms with E-state index in [2.05, 4.69) is 45.2 Å². The quantitative estimate of drug-likeness (QED) is 0.0712. The molecule has 0 saturated heterocycles. The molecule has 0 unspecified atom stereocenters. The Labute approximate surface area is 299 Å². The van der Waals surface area contributed by atoms with Crippen LogP contribution < -0.4 is 0 Å².